The van der Waals surface area contributed by atoms with E-state index in [4.69, 9.17) is 9.47 Å². The third kappa shape index (κ3) is 7.10. The van der Waals surface area contributed by atoms with Gasteiger partial charge < -0.3 is 14.8 Å². The van der Waals surface area contributed by atoms with Crippen molar-refractivity contribution in [2.45, 2.75) is 19.4 Å². The molecule has 96 valence electrons. The highest BCUT2D eigenvalue weighted by Gasteiger charge is 2.02. The van der Waals surface area contributed by atoms with E-state index in [0.717, 1.165) is 26.2 Å². The summed E-state index contributed by atoms with van der Waals surface area (Å²) in [7, 11) is 1.92. The zero-order valence-corrected chi connectivity index (χ0v) is 10.8. The van der Waals surface area contributed by atoms with Crippen molar-refractivity contribution in [3.8, 4) is 0 Å². The maximum Gasteiger partial charge on any atom is 0.0780 e. The third-order valence-corrected chi connectivity index (χ3v) is 2.48. The summed E-state index contributed by atoms with van der Waals surface area (Å²) in [6.07, 6.45) is 1.12. The van der Waals surface area contributed by atoms with E-state index in [9.17, 15) is 0 Å². The number of nitrogens with one attached hydrogen (secondary N) is 1. The zero-order chi connectivity index (χ0) is 12.3. The average Bonchev–Trinajstić information content (AvgIpc) is 2.36. The second-order valence-corrected chi connectivity index (χ2v) is 4.10. The molecule has 0 aliphatic heterocycles. The number of likely N-dealkylation sites (N-methyl/N-ethyl adjacent to an activating group) is 1. The Labute approximate surface area is 104 Å². The second kappa shape index (κ2) is 9.16. The van der Waals surface area contributed by atoms with E-state index in [1.54, 1.807) is 0 Å². The number of hydrogen-bond donors (Lipinski definition) is 1. The van der Waals surface area contributed by atoms with Gasteiger partial charge in [0.1, 0.15) is 0 Å². The summed E-state index contributed by atoms with van der Waals surface area (Å²) < 4.78 is 11.1. The summed E-state index contributed by atoms with van der Waals surface area (Å²) in [4.78, 5) is 0. The molecule has 0 amide bonds. The van der Waals surface area contributed by atoms with E-state index in [1.807, 2.05) is 20.0 Å². The SMILES string of the molecule is CNCCOC[C@@H](C)OCCc1ccccc1. The van der Waals surface area contributed by atoms with Crippen molar-refractivity contribution in [2.24, 2.45) is 0 Å². The summed E-state index contributed by atoms with van der Waals surface area (Å²) in [5.41, 5.74) is 1.32. The van der Waals surface area contributed by atoms with Crippen LogP contribution in [0.3, 0.4) is 0 Å². The predicted octanol–water partition coefficient (Wildman–Crippen LogP) is 1.87. The Morgan fingerprint density at radius 3 is 2.65 bits per heavy atom. The molecule has 3 heteroatoms. The molecule has 0 aliphatic carbocycles. The molecule has 17 heavy (non-hydrogen) atoms. The molecule has 1 N–H and O–H groups in total. The normalized spacial score (nSPS) is 12.6. The van der Waals surface area contributed by atoms with Gasteiger partial charge in [0.25, 0.3) is 0 Å². The van der Waals surface area contributed by atoms with Crippen LogP contribution < -0.4 is 5.32 Å². The lowest BCUT2D eigenvalue weighted by Crippen LogP contribution is -2.21. The van der Waals surface area contributed by atoms with Gasteiger partial charge in [-0.2, -0.15) is 0 Å². The van der Waals surface area contributed by atoms with Crippen molar-refractivity contribution >= 4 is 0 Å². The molecule has 1 aromatic rings. The van der Waals surface area contributed by atoms with Gasteiger partial charge in [-0.1, -0.05) is 30.3 Å². The Morgan fingerprint density at radius 2 is 1.94 bits per heavy atom. The molecule has 0 saturated carbocycles. The number of benzene rings is 1. The summed E-state index contributed by atoms with van der Waals surface area (Å²) >= 11 is 0. The topological polar surface area (TPSA) is 30.5 Å². The highest BCUT2D eigenvalue weighted by atomic mass is 16.5. The fourth-order valence-corrected chi connectivity index (χ4v) is 1.49. The largest absolute Gasteiger partial charge is 0.377 e. The lowest BCUT2D eigenvalue weighted by Gasteiger charge is -2.13. The Morgan fingerprint density at radius 1 is 1.18 bits per heavy atom. The van der Waals surface area contributed by atoms with E-state index in [2.05, 4.69) is 29.6 Å². The van der Waals surface area contributed by atoms with Gasteiger partial charge in [-0.15, -0.1) is 0 Å². The third-order valence-electron chi connectivity index (χ3n) is 2.48. The fourth-order valence-electron chi connectivity index (χ4n) is 1.49. The van der Waals surface area contributed by atoms with Crippen molar-refractivity contribution in [1.82, 2.24) is 5.32 Å². The smallest absolute Gasteiger partial charge is 0.0780 e. The van der Waals surface area contributed by atoms with Crippen LogP contribution in [0.5, 0.6) is 0 Å². The molecule has 0 fully saturated rings. The molecular weight excluding hydrogens is 214 g/mol. The monoisotopic (exact) mass is 237 g/mol. The molecule has 0 aromatic heterocycles. The minimum atomic E-state index is 0.163. The minimum absolute atomic E-state index is 0.163. The van der Waals surface area contributed by atoms with E-state index >= 15 is 0 Å². The van der Waals surface area contributed by atoms with Gasteiger partial charge in [0.2, 0.25) is 0 Å². The lowest BCUT2D eigenvalue weighted by molar-refractivity contribution is -0.00430. The highest BCUT2D eigenvalue weighted by Crippen LogP contribution is 2.01. The summed E-state index contributed by atoms with van der Waals surface area (Å²) in [6, 6.07) is 10.4. The van der Waals surface area contributed by atoms with E-state index < -0.39 is 0 Å². The first-order valence-corrected chi connectivity index (χ1v) is 6.21. The molecule has 1 atom stereocenters. The van der Waals surface area contributed by atoms with Gasteiger partial charge in [-0.05, 0) is 26.0 Å². The minimum Gasteiger partial charge on any atom is -0.377 e. The molecular formula is C14H23NO2. The fraction of sp³-hybridized carbons (Fsp3) is 0.571. The Balaban J connectivity index is 2.02. The molecule has 1 aromatic carbocycles. The average molecular weight is 237 g/mol. The van der Waals surface area contributed by atoms with Crippen LogP contribution in [0.25, 0.3) is 0 Å². The molecule has 1 rings (SSSR count). The van der Waals surface area contributed by atoms with Gasteiger partial charge in [0.15, 0.2) is 0 Å². The van der Waals surface area contributed by atoms with Crippen LogP contribution in [-0.2, 0) is 15.9 Å². The van der Waals surface area contributed by atoms with Gasteiger partial charge in [0.05, 0.1) is 25.9 Å². The van der Waals surface area contributed by atoms with Crippen molar-refractivity contribution in [2.75, 3.05) is 33.4 Å². The van der Waals surface area contributed by atoms with Crippen LogP contribution in [0.2, 0.25) is 0 Å². The Hall–Kier alpha value is -0.900. The van der Waals surface area contributed by atoms with Crippen molar-refractivity contribution in [1.29, 1.82) is 0 Å². The second-order valence-electron chi connectivity index (χ2n) is 4.10. The first kappa shape index (κ1) is 14.2. The predicted molar refractivity (Wildman–Crippen MR) is 70.3 cm³/mol. The number of hydrogen-bond acceptors (Lipinski definition) is 3. The first-order chi connectivity index (χ1) is 8.33. The Kier molecular flexibility index (Phi) is 7.63. The zero-order valence-electron chi connectivity index (χ0n) is 10.8. The highest BCUT2D eigenvalue weighted by molar-refractivity contribution is 5.14. The van der Waals surface area contributed by atoms with E-state index in [-0.39, 0.29) is 6.10 Å². The quantitative estimate of drug-likeness (QED) is 0.665. The number of ether oxygens (including phenoxy) is 2. The summed E-state index contributed by atoms with van der Waals surface area (Å²) in [5.74, 6) is 0. The molecule has 0 spiro atoms. The van der Waals surface area contributed by atoms with E-state index in [0.29, 0.717) is 6.61 Å². The molecule has 3 nitrogen and oxygen atoms in total. The van der Waals surface area contributed by atoms with Crippen LogP contribution >= 0.6 is 0 Å². The molecule has 0 bridgehead atoms. The van der Waals surface area contributed by atoms with Crippen LogP contribution in [0.1, 0.15) is 12.5 Å². The van der Waals surface area contributed by atoms with Crippen LogP contribution in [-0.4, -0.2) is 39.5 Å². The molecule has 0 heterocycles. The van der Waals surface area contributed by atoms with Crippen molar-refractivity contribution in [3.63, 3.8) is 0 Å². The summed E-state index contributed by atoms with van der Waals surface area (Å²) in [5, 5.41) is 3.04. The van der Waals surface area contributed by atoms with Gasteiger partial charge in [-0.25, -0.2) is 0 Å². The summed E-state index contributed by atoms with van der Waals surface area (Å²) in [6.45, 7) is 5.08. The van der Waals surface area contributed by atoms with Crippen molar-refractivity contribution in [3.05, 3.63) is 35.9 Å². The van der Waals surface area contributed by atoms with Gasteiger partial charge in [-0.3, -0.25) is 0 Å². The van der Waals surface area contributed by atoms with Crippen LogP contribution in [0.4, 0.5) is 0 Å². The standard InChI is InChI=1S/C14H23NO2/c1-13(12-16-11-9-15-2)17-10-8-14-6-4-3-5-7-14/h3-7,13,15H,8-12H2,1-2H3/t13-/m1/s1. The lowest BCUT2D eigenvalue weighted by atomic mass is 10.2. The maximum atomic E-state index is 5.68. The Bertz CT molecular complexity index is 277. The van der Waals surface area contributed by atoms with E-state index in [1.165, 1.54) is 5.56 Å². The first-order valence-electron chi connectivity index (χ1n) is 6.21. The van der Waals surface area contributed by atoms with Crippen molar-refractivity contribution < 1.29 is 9.47 Å². The van der Waals surface area contributed by atoms with Gasteiger partial charge >= 0.3 is 0 Å². The molecule has 0 radical (unpaired) electrons. The molecule has 0 unspecified atom stereocenters. The molecule has 0 aliphatic rings. The maximum absolute atomic E-state index is 5.68. The van der Waals surface area contributed by atoms with Crippen LogP contribution in [0, 0.1) is 0 Å². The van der Waals surface area contributed by atoms with Crippen LogP contribution in [0.15, 0.2) is 30.3 Å². The number of rotatable bonds is 9. The molecule has 0 saturated heterocycles. The van der Waals surface area contributed by atoms with Gasteiger partial charge in [0, 0.05) is 6.54 Å².